The summed E-state index contributed by atoms with van der Waals surface area (Å²) in [6.45, 7) is 0. The van der Waals surface area contributed by atoms with E-state index in [1.54, 1.807) is 7.11 Å². The zero-order valence-electron chi connectivity index (χ0n) is 7.72. The van der Waals surface area contributed by atoms with Crippen molar-refractivity contribution in [2.24, 2.45) is 0 Å². The van der Waals surface area contributed by atoms with Crippen molar-refractivity contribution in [3.8, 4) is 0 Å². The normalized spacial score (nSPS) is 13.3. The number of ether oxygens (including phenoxy) is 1. The molecule has 0 aliphatic heterocycles. The Bertz CT molecular complexity index is 392. The van der Waals surface area contributed by atoms with Crippen LogP contribution in [0.15, 0.2) is 24.3 Å². The third-order valence-corrected chi connectivity index (χ3v) is 2.23. The van der Waals surface area contributed by atoms with E-state index in [1.165, 1.54) is 4.80 Å². The minimum atomic E-state index is -0.302. The van der Waals surface area contributed by atoms with Crippen molar-refractivity contribution in [2.45, 2.75) is 6.23 Å². The summed E-state index contributed by atoms with van der Waals surface area (Å²) in [7, 11) is 1.58. The third-order valence-electron chi connectivity index (χ3n) is 1.96. The molecule has 5 heteroatoms. The number of halogens is 1. The van der Waals surface area contributed by atoms with E-state index in [-0.39, 0.29) is 6.23 Å². The van der Waals surface area contributed by atoms with Gasteiger partial charge in [0.05, 0.1) is 5.88 Å². The Morgan fingerprint density at radius 3 is 2.36 bits per heavy atom. The summed E-state index contributed by atoms with van der Waals surface area (Å²) in [4.78, 5) is 1.50. The van der Waals surface area contributed by atoms with Crippen LogP contribution in [-0.4, -0.2) is 28.0 Å². The van der Waals surface area contributed by atoms with Crippen molar-refractivity contribution < 1.29 is 4.74 Å². The Kier molecular flexibility index (Phi) is 2.65. The minimum Gasteiger partial charge on any atom is -0.357 e. The van der Waals surface area contributed by atoms with Gasteiger partial charge >= 0.3 is 0 Å². The Labute approximate surface area is 86.4 Å². The molecule has 1 unspecified atom stereocenters. The standard InChI is InChI=1S/C9H10ClN3O/c1-14-9(6-10)13-11-7-4-2-3-5-8(7)12-13/h2-5,9H,6H2,1H3. The molecule has 0 radical (unpaired) electrons. The maximum absolute atomic E-state index is 5.70. The molecule has 2 aromatic rings. The first kappa shape index (κ1) is 9.43. The van der Waals surface area contributed by atoms with Crippen LogP contribution >= 0.6 is 11.6 Å². The first-order chi connectivity index (χ1) is 6.85. The van der Waals surface area contributed by atoms with E-state index in [4.69, 9.17) is 16.3 Å². The average molecular weight is 212 g/mol. The molecule has 0 saturated heterocycles. The lowest BCUT2D eigenvalue weighted by Crippen LogP contribution is -2.15. The molecule has 0 amide bonds. The molecule has 0 fully saturated rings. The Balaban J connectivity index is 2.43. The molecular weight excluding hydrogens is 202 g/mol. The highest BCUT2D eigenvalue weighted by Gasteiger charge is 2.11. The fraction of sp³-hybridized carbons (Fsp3) is 0.333. The van der Waals surface area contributed by atoms with Crippen LogP contribution in [0.2, 0.25) is 0 Å². The van der Waals surface area contributed by atoms with E-state index in [9.17, 15) is 0 Å². The number of aromatic nitrogens is 3. The molecule has 1 aromatic carbocycles. The highest BCUT2D eigenvalue weighted by molar-refractivity contribution is 6.18. The molecule has 14 heavy (non-hydrogen) atoms. The zero-order chi connectivity index (χ0) is 9.97. The van der Waals surface area contributed by atoms with Crippen LogP contribution in [0, 0.1) is 0 Å². The van der Waals surface area contributed by atoms with Gasteiger partial charge in [-0.15, -0.1) is 11.6 Å². The lowest BCUT2D eigenvalue weighted by molar-refractivity contribution is 0.0420. The first-order valence-electron chi connectivity index (χ1n) is 4.25. The molecule has 1 atom stereocenters. The molecule has 1 aromatic heterocycles. The molecule has 74 valence electrons. The Morgan fingerprint density at radius 2 is 1.93 bits per heavy atom. The van der Waals surface area contributed by atoms with E-state index >= 15 is 0 Å². The van der Waals surface area contributed by atoms with E-state index in [1.807, 2.05) is 24.3 Å². The zero-order valence-corrected chi connectivity index (χ0v) is 8.48. The van der Waals surface area contributed by atoms with Gasteiger partial charge in [0.1, 0.15) is 11.0 Å². The largest absolute Gasteiger partial charge is 0.357 e. The van der Waals surface area contributed by atoms with Gasteiger partial charge in [-0.05, 0) is 12.1 Å². The van der Waals surface area contributed by atoms with Crippen molar-refractivity contribution in [2.75, 3.05) is 13.0 Å². The molecule has 0 N–H and O–H groups in total. The summed E-state index contributed by atoms with van der Waals surface area (Å²) in [6.07, 6.45) is -0.302. The first-order valence-corrected chi connectivity index (χ1v) is 4.79. The van der Waals surface area contributed by atoms with Crippen molar-refractivity contribution in [1.82, 2.24) is 15.0 Å². The monoisotopic (exact) mass is 211 g/mol. The molecule has 0 saturated carbocycles. The van der Waals surface area contributed by atoms with Gasteiger partial charge in [0.15, 0.2) is 6.23 Å². The van der Waals surface area contributed by atoms with Gasteiger partial charge in [-0.3, -0.25) is 0 Å². The summed E-state index contributed by atoms with van der Waals surface area (Å²) in [5.41, 5.74) is 1.69. The van der Waals surface area contributed by atoms with E-state index in [0.717, 1.165) is 11.0 Å². The quantitative estimate of drug-likeness (QED) is 0.727. The smallest absolute Gasteiger partial charge is 0.182 e. The average Bonchev–Trinajstić information content (AvgIpc) is 2.63. The van der Waals surface area contributed by atoms with Gasteiger partial charge in [0, 0.05) is 7.11 Å². The van der Waals surface area contributed by atoms with Crippen LogP contribution in [0.4, 0.5) is 0 Å². The number of benzene rings is 1. The van der Waals surface area contributed by atoms with Crippen molar-refractivity contribution in [1.29, 1.82) is 0 Å². The van der Waals surface area contributed by atoms with Crippen LogP contribution < -0.4 is 0 Å². The van der Waals surface area contributed by atoms with Crippen molar-refractivity contribution in [3.63, 3.8) is 0 Å². The van der Waals surface area contributed by atoms with Crippen molar-refractivity contribution >= 4 is 22.6 Å². The lowest BCUT2D eigenvalue weighted by Gasteiger charge is -2.09. The second-order valence-corrected chi connectivity index (χ2v) is 3.16. The molecular formula is C9H10ClN3O. The second kappa shape index (κ2) is 3.94. The summed E-state index contributed by atoms with van der Waals surface area (Å²) < 4.78 is 5.12. The van der Waals surface area contributed by atoms with Gasteiger partial charge < -0.3 is 4.74 Å². The lowest BCUT2D eigenvalue weighted by atomic mass is 10.3. The van der Waals surface area contributed by atoms with Crippen LogP contribution in [0.3, 0.4) is 0 Å². The predicted molar refractivity (Wildman–Crippen MR) is 54.3 cm³/mol. The molecule has 0 bridgehead atoms. The van der Waals surface area contributed by atoms with Crippen molar-refractivity contribution in [3.05, 3.63) is 24.3 Å². The summed E-state index contributed by atoms with van der Waals surface area (Å²) >= 11 is 5.70. The number of hydrogen-bond acceptors (Lipinski definition) is 3. The Morgan fingerprint density at radius 1 is 1.36 bits per heavy atom. The van der Waals surface area contributed by atoms with Crippen LogP contribution in [-0.2, 0) is 4.74 Å². The number of fused-ring (bicyclic) bond motifs is 1. The predicted octanol–water partition coefficient (Wildman–Crippen LogP) is 1.82. The maximum Gasteiger partial charge on any atom is 0.182 e. The van der Waals surface area contributed by atoms with Gasteiger partial charge in [0.2, 0.25) is 0 Å². The van der Waals surface area contributed by atoms with E-state index < -0.39 is 0 Å². The van der Waals surface area contributed by atoms with Gasteiger partial charge in [0.25, 0.3) is 0 Å². The minimum absolute atomic E-state index is 0.302. The summed E-state index contributed by atoms with van der Waals surface area (Å²) in [5.74, 6) is 0.331. The highest BCUT2D eigenvalue weighted by atomic mass is 35.5. The molecule has 0 aliphatic rings. The van der Waals surface area contributed by atoms with Crippen LogP contribution in [0.1, 0.15) is 6.23 Å². The number of methoxy groups -OCH3 is 1. The van der Waals surface area contributed by atoms with Gasteiger partial charge in [-0.2, -0.15) is 15.0 Å². The molecule has 0 spiro atoms. The van der Waals surface area contributed by atoms with Gasteiger partial charge in [-0.25, -0.2) is 0 Å². The molecule has 4 nitrogen and oxygen atoms in total. The van der Waals surface area contributed by atoms with Crippen LogP contribution in [0.25, 0.3) is 11.0 Å². The molecule has 1 heterocycles. The highest BCUT2D eigenvalue weighted by Crippen LogP contribution is 2.12. The third kappa shape index (κ3) is 1.58. The number of alkyl halides is 1. The fourth-order valence-corrected chi connectivity index (χ4v) is 1.47. The molecule has 0 aliphatic carbocycles. The summed E-state index contributed by atoms with van der Waals surface area (Å²) in [5, 5.41) is 8.50. The van der Waals surface area contributed by atoms with E-state index in [0.29, 0.717) is 5.88 Å². The second-order valence-electron chi connectivity index (χ2n) is 2.85. The number of nitrogens with zero attached hydrogens (tertiary/aromatic N) is 3. The summed E-state index contributed by atoms with van der Waals surface area (Å²) in [6, 6.07) is 7.65. The van der Waals surface area contributed by atoms with Crippen LogP contribution in [0.5, 0.6) is 0 Å². The number of hydrogen-bond donors (Lipinski definition) is 0. The number of rotatable bonds is 3. The fourth-order valence-electron chi connectivity index (χ4n) is 1.22. The van der Waals surface area contributed by atoms with E-state index in [2.05, 4.69) is 10.2 Å². The SMILES string of the molecule is COC(CCl)n1nc2ccccc2n1. The maximum atomic E-state index is 5.70. The molecule has 2 rings (SSSR count). The topological polar surface area (TPSA) is 39.9 Å². The Hall–Kier alpha value is -1.13. The van der Waals surface area contributed by atoms with Gasteiger partial charge in [-0.1, -0.05) is 12.1 Å².